The van der Waals surface area contributed by atoms with E-state index in [4.69, 9.17) is 4.74 Å². The zero-order chi connectivity index (χ0) is 7.68. The van der Waals surface area contributed by atoms with Crippen LogP contribution in [-0.2, 0) is 4.74 Å². The maximum absolute atomic E-state index is 5.45. The number of nitrogens with zero attached hydrogens (tertiary/aromatic N) is 1. The Kier molecular flexibility index (Phi) is 2.14. The summed E-state index contributed by atoms with van der Waals surface area (Å²) in [5.74, 6) is 0. The molecule has 0 aromatic rings. The molecule has 2 rings (SSSR count). The molecule has 0 N–H and O–H groups in total. The number of fused-ring (bicyclic) bond motifs is 1. The van der Waals surface area contributed by atoms with Crippen LogP contribution in [0.1, 0.15) is 26.2 Å². The summed E-state index contributed by atoms with van der Waals surface area (Å²) in [7, 11) is 0. The van der Waals surface area contributed by atoms with Gasteiger partial charge in [-0.15, -0.1) is 0 Å². The number of likely N-dealkylation sites (tertiary alicyclic amines) is 1. The van der Waals surface area contributed by atoms with Gasteiger partial charge in [0.2, 0.25) is 0 Å². The summed E-state index contributed by atoms with van der Waals surface area (Å²) >= 11 is 0. The van der Waals surface area contributed by atoms with Crippen molar-refractivity contribution in [1.29, 1.82) is 0 Å². The van der Waals surface area contributed by atoms with Crippen LogP contribution in [0.3, 0.4) is 0 Å². The van der Waals surface area contributed by atoms with Gasteiger partial charge >= 0.3 is 0 Å². The SMILES string of the molecule is CCCCN1CCC2OC2C1. The minimum Gasteiger partial charge on any atom is -0.368 e. The van der Waals surface area contributed by atoms with Gasteiger partial charge in [-0.05, 0) is 19.4 Å². The number of unbranched alkanes of at least 4 members (excludes halogenated alkanes) is 1. The van der Waals surface area contributed by atoms with E-state index in [0.717, 1.165) is 0 Å². The first-order chi connectivity index (χ1) is 5.40. The predicted octanol–water partition coefficient (Wildman–Crippen LogP) is 1.26. The van der Waals surface area contributed by atoms with E-state index in [0.29, 0.717) is 12.2 Å². The van der Waals surface area contributed by atoms with Crippen molar-refractivity contribution in [2.45, 2.75) is 38.4 Å². The Labute approximate surface area is 68.5 Å². The fourth-order valence-electron chi connectivity index (χ4n) is 1.83. The van der Waals surface area contributed by atoms with Gasteiger partial charge in [0.25, 0.3) is 0 Å². The van der Waals surface area contributed by atoms with Gasteiger partial charge in [0.05, 0.1) is 12.2 Å². The Morgan fingerprint density at radius 3 is 3.09 bits per heavy atom. The van der Waals surface area contributed by atoms with Gasteiger partial charge in [0, 0.05) is 13.1 Å². The molecule has 2 nitrogen and oxygen atoms in total. The third-order valence-electron chi connectivity index (χ3n) is 2.68. The Bertz CT molecular complexity index is 138. The van der Waals surface area contributed by atoms with E-state index in [1.54, 1.807) is 0 Å². The van der Waals surface area contributed by atoms with Crippen molar-refractivity contribution in [3.05, 3.63) is 0 Å². The Morgan fingerprint density at radius 2 is 2.36 bits per heavy atom. The summed E-state index contributed by atoms with van der Waals surface area (Å²) in [4.78, 5) is 2.54. The highest BCUT2D eigenvalue weighted by Crippen LogP contribution is 2.30. The van der Waals surface area contributed by atoms with E-state index in [1.165, 1.54) is 38.9 Å². The summed E-state index contributed by atoms with van der Waals surface area (Å²) < 4.78 is 5.45. The lowest BCUT2D eigenvalue weighted by atomic mass is 10.1. The second-order valence-corrected chi connectivity index (χ2v) is 3.66. The van der Waals surface area contributed by atoms with Gasteiger partial charge in [-0.2, -0.15) is 0 Å². The van der Waals surface area contributed by atoms with Gasteiger partial charge in [0.1, 0.15) is 0 Å². The number of ether oxygens (including phenoxy) is 1. The molecule has 0 aromatic carbocycles. The van der Waals surface area contributed by atoms with Crippen LogP contribution >= 0.6 is 0 Å². The van der Waals surface area contributed by atoms with E-state index >= 15 is 0 Å². The van der Waals surface area contributed by atoms with Crippen LogP contribution in [0.2, 0.25) is 0 Å². The molecule has 0 radical (unpaired) electrons. The molecular weight excluding hydrogens is 138 g/mol. The number of piperidine rings is 1. The van der Waals surface area contributed by atoms with Crippen molar-refractivity contribution in [2.75, 3.05) is 19.6 Å². The van der Waals surface area contributed by atoms with Crippen molar-refractivity contribution in [3.63, 3.8) is 0 Å². The van der Waals surface area contributed by atoms with Crippen LogP contribution in [0, 0.1) is 0 Å². The fraction of sp³-hybridized carbons (Fsp3) is 1.00. The third-order valence-corrected chi connectivity index (χ3v) is 2.68. The van der Waals surface area contributed by atoms with E-state index in [9.17, 15) is 0 Å². The molecule has 2 heterocycles. The van der Waals surface area contributed by atoms with Gasteiger partial charge in [-0.3, -0.25) is 0 Å². The molecule has 0 aromatic heterocycles. The predicted molar refractivity (Wildman–Crippen MR) is 44.6 cm³/mol. The molecule has 11 heavy (non-hydrogen) atoms. The summed E-state index contributed by atoms with van der Waals surface area (Å²) in [5, 5.41) is 0. The lowest BCUT2D eigenvalue weighted by molar-refractivity contribution is 0.242. The first kappa shape index (κ1) is 7.56. The summed E-state index contributed by atoms with van der Waals surface area (Å²) in [6.07, 6.45) is 5.19. The third kappa shape index (κ3) is 1.74. The van der Waals surface area contributed by atoms with Gasteiger partial charge in [-0.25, -0.2) is 0 Å². The van der Waals surface area contributed by atoms with Crippen molar-refractivity contribution < 1.29 is 4.74 Å². The molecule has 0 amide bonds. The molecular formula is C9H17NO. The maximum Gasteiger partial charge on any atom is 0.0968 e. The second-order valence-electron chi connectivity index (χ2n) is 3.66. The van der Waals surface area contributed by atoms with Crippen molar-refractivity contribution in [1.82, 2.24) is 4.90 Å². The minimum absolute atomic E-state index is 0.612. The van der Waals surface area contributed by atoms with E-state index in [1.807, 2.05) is 0 Å². The van der Waals surface area contributed by atoms with Gasteiger partial charge in [0.15, 0.2) is 0 Å². The Morgan fingerprint density at radius 1 is 1.45 bits per heavy atom. The highest BCUT2D eigenvalue weighted by atomic mass is 16.6. The maximum atomic E-state index is 5.45. The van der Waals surface area contributed by atoms with E-state index in [2.05, 4.69) is 11.8 Å². The standard InChI is InChI=1S/C9H17NO/c1-2-3-5-10-6-4-8-9(7-10)11-8/h8-9H,2-7H2,1H3. The summed E-state index contributed by atoms with van der Waals surface area (Å²) in [6.45, 7) is 6.00. The van der Waals surface area contributed by atoms with Crippen LogP contribution in [0.5, 0.6) is 0 Å². The molecule has 2 aliphatic heterocycles. The van der Waals surface area contributed by atoms with E-state index in [-0.39, 0.29) is 0 Å². The molecule has 2 atom stereocenters. The van der Waals surface area contributed by atoms with Gasteiger partial charge in [-0.1, -0.05) is 13.3 Å². The highest BCUT2D eigenvalue weighted by molar-refractivity contribution is 4.92. The number of rotatable bonds is 3. The molecule has 64 valence electrons. The summed E-state index contributed by atoms with van der Waals surface area (Å²) in [5.41, 5.74) is 0. The smallest absolute Gasteiger partial charge is 0.0968 e. The normalized spacial score (nSPS) is 36.8. The lowest BCUT2D eigenvalue weighted by Gasteiger charge is -2.23. The minimum atomic E-state index is 0.612. The largest absolute Gasteiger partial charge is 0.368 e. The zero-order valence-electron chi connectivity index (χ0n) is 7.25. The van der Waals surface area contributed by atoms with Gasteiger partial charge < -0.3 is 9.64 Å². The first-order valence-corrected chi connectivity index (χ1v) is 4.78. The Balaban J connectivity index is 1.68. The highest BCUT2D eigenvalue weighted by Gasteiger charge is 2.42. The number of hydrogen-bond acceptors (Lipinski definition) is 2. The van der Waals surface area contributed by atoms with Crippen molar-refractivity contribution in [2.24, 2.45) is 0 Å². The molecule has 2 unspecified atom stereocenters. The number of epoxide rings is 1. The molecule has 2 saturated heterocycles. The Hall–Kier alpha value is -0.0800. The van der Waals surface area contributed by atoms with Crippen molar-refractivity contribution >= 4 is 0 Å². The second kappa shape index (κ2) is 3.11. The molecule has 0 spiro atoms. The average Bonchev–Trinajstić information content (AvgIpc) is 2.78. The van der Waals surface area contributed by atoms with Crippen LogP contribution in [0.25, 0.3) is 0 Å². The summed E-state index contributed by atoms with van der Waals surface area (Å²) in [6, 6.07) is 0. The molecule has 2 fully saturated rings. The van der Waals surface area contributed by atoms with Crippen LogP contribution in [-0.4, -0.2) is 36.7 Å². The molecule has 0 saturated carbocycles. The molecule has 2 aliphatic rings. The topological polar surface area (TPSA) is 15.8 Å². The quantitative estimate of drug-likeness (QED) is 0.570. The van der Waals surface area contributed by atoms with E-state index < -0.39 is 0 Å². The lowest BCUT2D eigenvalue weighted by Crippen LogP contribution is -2.35. The van der Waals surface area contributed by atoms with Crippen LogP contribution in [0.15, 0.2) is 0 Å². The first-order valence-electron chi connectivity index (χ1n) is 4.78. The fourth-order valence-corrected chi connectivity index (χ4v) is 1.83. The zero-order valence-corrected chi connectivity index (χ0v) is 7.25. The van der Waals surface area contributed by atoms with Crippen molar-refractivity contribution in [3.8, 4) is 0 Å². The molecule has 0 aliphatic carbocycles. The van der Waals surface area contributed by atoms with Crippen LogP contribution < -0.4 is 0 Å². The average molecular weight is 155 g/mol. The molecule has 0 bridgehead atoms. The van der Waals surface area contributed by atoms with Crippen LogP contribution in [0.4, 0.5) is 0 Å². The number of hydrogen-bond donors (Lipinski definition) is 0. The molecule has 2 heteroatoms. The monoisotopic (exact) mass is 155 g/mol.